The Kier molecular flexibility index (Phi) is 5.76. The first kappa shape index (κ1) is 20.4. The van der Waals surface area contributed by atoms with Crippen molar-refractivity contribution in [3.8, 4) is 0 Å². The van der Waals surface area contributed by atoms with Crippen LogP contribution < -0.4 is 9.80 Å². The molecule has 0 spiro atoms. The lowest BCUT2D eigenvalue weighted by atomic mass is 10.1. The van der Waals surface area contributed by atoms with Gasteiger partial charge in [0, 0.05) is 51.0 Å². The summed E-state index contributed by atoms with van der Waals surface area (Å²) in [5.41, 5.74) is 0.155. The van der Waals surface area contributed by atoms with Gasteiger partial charge in [-0.1, -0.05) is 6.07 Å². The first-order valence-electron chi connectivity index (χ1n) is 9.78. The Morgan fingerprint density at radius 3 is 2.37 bits per heavy atom. The normalized spacial score (nSPS) is 17.9. The molecule has 1 aromatic carbocycles. The Balaban J connectivity index is 1.40. The number of morpholine rings is 1. The van der Waals surface area contributed by atoms with Gasteiger partial charge >= 0.3 is 6.18 Å². The molecule has 2 aliphatic rings. The van der Waals surface area contributed by atoms with Crippen LogP contribution in [0.25, 0.3) is 0 Å². The number of benzene rings is 1. The average molecular weight is 421 g/mol. The van der Waals surface area contributed by atoms with Crippen molar-refractivity contribution in [3.05, 3.63) is 47.9 Å². The van der Waals surface area contributed by atoms with Crippen molar-refractivity contribution in [2.24, 2.45) is 0 Å². The highest BCUT2D eigenvalue weighted by Gasteiger charge is 2.31. The first-order chi connectivity index (χ1) is 14.4. The minimum absolute atomic E-state index is 0.199. The van der Waals surface area contributed by atoms with Crippen LogP contribution in [0.15, 0.2) is 36.7 Å². The largest absolute Gasteiger partial charge is 0.416 e. The monoisotopic (exact) mass is 421 g/mol. The maximum Gasteiger partial charge on any atom is 0.416 e. The molecular formula is C20H22F3N5O2. The van der Waals surface area contributed by atoms with E-state index in [0.717, 1.165) is 12.1 Å². The molecule has 160 valence electrons. The fourth-order valence-electron chi connectivity index (χ4n) is 3.64. The fourth-order valence-corrected chi connectivity index (χ4v) is 3.64. The molecule has 2 aliphatic heterocycles. The topological polar surface area (TPSA) is 61.8 Å². The molecule has 7 nitrogen and oxygen atoms in total. The number of rotatable bonds is 3. The van der Waals surface area contributed by atoms with E-state index in [-0.39, 0.29) is 5.91 Å². The van der Waals surface area contributed by atoms with Crippen LogP contribution in [0.1, 0.15) is 16.1 Å². The van der Waals surface area contributed by atoms with Gasteiger partial charge in [-0.15, -0.1) is 0 Å². The second-order valence-corrected chi connectivity index (χ2v) is 7.19. The number of nitrogens with zero attached hydrogens (tertiary/aromatic N) is 5. The first-order valence-corrected chi connectivity index (χ1v) is 9.78. The summed E-state index contributed by atoms with van der Waals surface area (Å²) in [4.78, 5) is 26.9. The van der Waals surface area contributed by atoms with E-state index in [0.29, 0.717) is 69.7 Å². The number of ether oxygens (including phenoxy) is 1. The van der Waals surface area contributed by atoms with Crippen LogP contribution in [0.4, 0.5) is 24.7 Å². The molecule has 0 unspecified atom stereocenters. The molecular weight excluding hydrogens is 399 g/mol. The van der Waals surface area contributed by atoms with Crippen molar-refractivity contribution in [1.82, 2.24) is 14.9 Å². The van der Waals surface area contributed by atoms with E-state index in [1.54, 1.807) is 17.0 Å². The van der Waals surface area contributed by atoms with Crippen LogP contribution in [0.3, 0.4) is 0 Å². The van der Waals surface area contributed by atoms with Gasteiger partial charge in [-0.25, -0.2) is 9.97 Å². The predicted molar refractivity (Wildman–Crippen MR) is 105 cm³/mol. The average Bonchev–Trinajstić information content (AvgIpc) is 2.79. The summed E-state index contributed by atoms with van der Waals surface area (Å²) in [6.45, 7) is 4.37. The lowest BCUT2D eigenvalue weighted by Crippen LogP contribution is -2.49. The van der Waals surface area contributed by atoms with Crippen LogP contribution in [0.2, 0.25) is 0 Å². The zero-order chi connectivity index (χ0) is 21.1. The Hall–Kier alpha value is -2.88. The third-order valence-corrected chi connectivity index (χ3v) is 5.31. The van der Waals surface area contributed by atoms with Gasteiger partial charge in [0.05, 0.1) is 18.8 Å². The molecule has 2 saturated heterocycles. The molecule has 1 amide bonds. The van der Waals surface area contributed by atoms with Crippen LogP contribution in [0, 0.1) is 0 Å². The Morgan fingerprint density at radius 1 is 0.933 bits per heavy atom. The van der Waals surface area contributed by atoms with Crippen LogP contribution in [-0.4, -0.2) is 73.3 Å². The van der Waals surface area contributed by atoms with Crippen molar-refractivity contribution < 1.29 is 22.7 Å². The Bertz CT molecular complexity index is 894. The van der Waals surface area contributed by atoms with E-state index in [1.807, 2.05) is 9.80 Å². The van der Waals surface area contributed by atoms with E-state index in [2.05, 4.69) is 9.97 Å². The Labute approximate surface area is 172 Å². The minimum Gasteiger partial charge on any atom is -0.378 e. The Morgan fingerprint density at radius 2 is 1.67 bits per heavy atom. The lowest BCUT2D eigenvalue weighted by Gasteiger charge is -2.36. The van der Waals surface area contributed by atoms with Gasteiger partial charge in [0.1, 0.15) is 17.8 Å². The third-order valence-electron chi connectivity index (χ3n) is 5.31. The number of halogens is 3. The molecule has 0 atom stereocenters. The van der Waals surface area contributed by atoms with Crippen LogP contribution in [-0.2, 0) is 10.9 Å². The van der Waals surface area contributed by atoms with Crippen molar-refractivity contribution in [1.29, 1.82) is 0 Å². The van der Waals surface area contributed by atoms with Gasteiger partial charge in [-0.3, -0.25) is 4.79 Å². The van der Waals surface area contributed by atoms with Gasteiger partial charge in [0.15, 0.2) is 0 Å². The molecule has 10 heteroatoms. The number of hydrogen-bond acceptors (Lipinski definition) is 6. The van der Waals surface area contributed by atoms with Gasteiger partial charge in [-0.2, -0.15) is 13.2 Å². The second-order valence-electron chi connectivity index (χ2n) is 7.19. The maximum absolute atomic E-state index is 13.0. The summed E-state index contributed by atoms with van der Waals surface area (Å²) in [6, 6.07) is 6.96. The lowest BCUT2D eigenvalue weighted by molar-refractivity contribution is -0.137. The summed E-state index contributed by atoms with van der Waals surface area (Å²) < 4.78 is 44.2. The van der Waals surface area contributed by atoms with Crippen molar-refractivity contribution >= 4 is 17.4 Å². The fraction of sp³-hybridized carbons (Fsp3) is 0.450. The highest BCUT2D eigenvalue weighted by molar-refractivity contribution is 5.93. The van der Waals surface area contributed by atoms with Crippen molar-refractivity contribution in [3.63, 3.8) is 0 Å². The van der Waals surface area contributed by atoms with Gasteiger partial charge in [0.2, 0.25) is 0 Å². The van der Waals surface area contributed by atoms with Crippen LogP contribution >= 0.6 is 0 Å². The van der Waals surface area contributed by atoms with Crippen molar-refractivity contribution in [2.45, 2.75) is 6.18 Å². The second kappa shape index (κ2) is 8.47. The third kappa shape index (κ3) is 4.48. The summed E-state index contributed by atoms with van der Waals surface area (Å²) in [5, 5.41) is 0. The summed E-state index contributed by atoms with van der Waals surface area (Å²) in [5.74, 6) is 0.495. The van der Waals surface area contributed by atoms with E-state index in [1.165, 1.54) is 12.4 Å². The predicted octanol–water partition coefficient (Wildman–Crippen LogP) is 2.29. The molecule has 30 heavy (non-hydrogen) atoms. The van der Waals surface area contributed by atoms with E-state index in [4.69, 9.17) is 4.74 Å². The number of alkyl halides is 3. The van der Waals surface area contributed by atoms with Crippen LogP contribution in [0.5, 0.6) is 0 Å². The number of aromatic nitrogens is 2. The number of hydrogen-bond donors (Lipinski definition) is 0. The standard InChI is InChI=1S/C20H22F3N5O2/c21-20(22,23)15-2-1-3-16(12-15)26-4-6-28(7-5-26)19(29)17-13-18(25-14-24-17)27-8-10-30-11-9-27/h1-3,12-14H,4-11H2. The SMILES string of the molecule is O=C(c1cc(N2CCOCC2)ncn1)N1CCN(c2cccc(C(F)(F)F)c2)CC1. The van der Waals surface area contributed by atoms with Gasteiger partial charge < -0.3 is 19.4 Å². The summed E-state index contributed by atoms with van der Waals surface area (Å²) in [7, 11) is 0. The molecule has 0 aliphatic carbocycles. The maximum atomic E-state index is 13.0. The van der Waals surface area contributed by atoms with Crippen molar-refractivity contribution in [2.75, 3.05) is 62.3 Å². The molecule has 2 aromatic rings. The van der Waals surface area contributed by atoms with E-state index < -0.39 is 11.7 Å². The molecule has 3 heterocycles. The summed E-state index contributed by atoms with van der Waals surface area (Å²) >= 11 is 0. The highest BCUT2D eigenvalue weighted by Crippen LogP contribution is 2.32. The smallest absolute Gasteiger partial charge is 0.378 e. The van der Waals surface area contributed by atoms with Gasteiger partial charge in [-0.05, 0) is 18.2 Å². The van der Waals surface area contributed by atoms with Gasteiger partial charge in [0.25, 0.3) is 5.91 Å². The molecule has 0 radical (unpaired) electrons. The van der Waals surface area contributed by atoms with E-state index >= 15 is 0 Å². The minimum atomic E-state index is -4.38. The number of carbonyl (C=O) groups excluding carboxylic acids is 1. The molecule has 4 rings (SSSR count). The molecule has 0 N–H and O–H groups in total. The zero-order valence-electron chi connectivity index (χ0n) is 16.3. The number of amides is 1. The molecule has 0 saturated carbocycles. The molecule has 0 bridgehead atoms. The summed E-state index contributed by atoms with van der Waals surface area (Å²) in [6.07, 6.45) is -2.99. The quantitative estimate of drug-likeness (QED) is 0.758. The highest BCUT2D eigenvalue weighted by atomic mass is 19.4. The molecule has 2 fully saturated rings. The number of anilines is 2. The van der Waals surface area contributed by atoms with E-state index in [9.17, 15) is 18.0 Å². The number of piperazine rings is 1. The number of carbonyl (C=O) groups is 1. The zero-order valence-corrected chi connectivity index (χ0v) is 16.3. The molecule has 1 aromatic heterocycles.